The van der Waals surface area contributed by atoms with Crippen molar-refractivity contribution in [2.24, 2.45) is 0 Å². The van der Waals surface area contributed by atoms with E-state index in [2.05, 4.69) is 5.32 Å². The maximum atomic E-state index is 11.4. The Morgan fingerprint density at radius 2 is 1.89 bits per heavy atom. The quantitative estimate of drug-likeness (QED) is 0.641. The summed E-state index contributed by atoms with van der Waals surface area (Å²) < 4.78 is 9.73. The number of carbonyl (C=O) groups is 2. The van der Waals surface area contributed by atoms with E-state index >= 15 is 0 Å². The maximum Gasteiger partial charge on any atom is 0.408 e. The standard InChI is InChI=1S/C13H17NO4/c1-3-17-12(15)10(2)14-13(16)18-9-11-7-5-4-6-8-11/h4-8,10H,3,9H2,1-2H3,(H,14,16)/t10-/m1/s1/i14+1. The molecule has 5 nitrogen and oxygen atoms in total. The number of carbonyl (C=O) groups excluding carboxylic acids is 2. The average molecular weight is 252 g/mol. The van der Waals surface area contributed by atoms with Crippen molar-refractivity contribution < 1.29 is 19.1 Å². The van der Waals surface area contributed by atoms with Gasteiger partial charge >= 0.3 is 12.1 Å². The van der Waals surface area contributed by atoms with Crippen molar-refractivity contribution in [3.63, 3.8) is 0 Å². The van der Waals surface area contributed by atoms with Crippen LogP contribution in [0.2, 0.25) is 0 Å². The van der Waals surface area contributed by atoms with E-state index < -0.39 is 18.1 Å². The lowest BCUT2D eigenvalue weighted by Gasteiger charge is -2.12. The van der Waals surface area contributed by atoms with Crippen LogP contribution in [-0.2, 0) is 20.9 Å². The van der Waals surface area contributed by atoms with Gasteiger partial charge in [0.2, 0.25) is 0 Å². The monoisotopic (exact) mass is 252 g/mol. The number of hydrogen-bond donors (Lipinski definition) is 1. The van der Waals surface area contributed by atoms with Crippen molar-refractivity contribution in [1.82, 2.24) is 5.32 Å². The van der Waals surface area contributed by atoms with Crippen LogP contribution in [0.25, 0.3) is 0 Å². The van der Waals surface area contributed by atoms with Crippen LogP contribution in [0.15, 0.2) is 30.3 Å². The van der Waals surface area contributed by atoms with Crippen molar-refractivity contribution >= 4 is 12.1 Å². The lowest BCUT2D eigenvalue weighted by molar-refractivity contribution is -0.145. The van der Waals surface area contributed by atoms with Crippen LogP contribution in [0.4, 0.5) is 4.79 Å². The molecule has 0 spiro atoms. The molecule has 5 heteroatoms. The lowest BCUT2D eigenvalue weighted by Crippen LogP contribution is -2.39. The molecule has 0 saturated carbocycles. The van der Waals surface area contributed by atoms with Crippen molar-refractivity contribution in [3.8, 4) is 0 Å². The second kappa shape index (κ2) is 7.32. The first-order chi connectivity index (χ1) is 8.63. The normalized spacial score (nSPS) is 11.4. The molecule has 0 aliphatic rings. The minimum absolute atomic E-state index is 0.169. The molecule has 0 heterocycles. The van der Waals surface area contributed by atoms with Gasteiger partial charge in [0.25, 0.3) is 0 Å². The Bertz CT molecular complexity index is 391. The van der Waals surface area contributed by atoms with E-state index in [-0.39, 0.29) is 13.2 Å². The van der Waals surface area contributed by atoms with Crippen molar-refractivity contribution in [1.29, 1.82) is 0 Å². The van der Waals surface area contributed by atoms with E-state index in [1.807, 2.05) is 30.3 Å². The highest BCUT2D eigenvalue weighted by Gasteiger charge is 2.16. The van der Waals surface area contributed by atoms with Crippen molar-refractivity contribution in [2.75, 3.05) is 6.61 Å². The zero-order valence-corrected chi connectivity index (χ0v) is 10.5. The van der Waals surface area contributed by atoms with E-state index in [1.54, 1.807) is 13.8 Å². The second-order valence-electron chi connectivity index (χ2n) is 3.68. The molecule has 0 aromatic heterocycles. The Morgan fingerprint density at radius 3 is 2.50 bits per heavy atom. The highest BCUT2D eigenvalue weighted by atomic mass is 16.6. The summed E-state index contributed by atoms with van der Waals surface area (Å²) in [7, 11) is 0. The van der Waals surface area contributed by atoms with Gasteiger partial charge in [-0.15, -0.1) is 0 Å². The summed E-state index contributed by atoms with van der Waals surface area (Å²) in [6.07, 6.45) is -0.639. The molecule has 1 aromatic rings. The molecular weight excluding hydrogens is 235 g/mol. The van der Waals surface area contributed by atoms with Gasteiger partial charge in [-0.1, -0.05) is 30.3 Å². The van der Waals surface area contributed by atoms with E-state index in [4.69, 9.17) is 9.47 Å². The Labute approximate surface area is 106 Å². The third kappa shape index (κ3) is 4.86. The molecule has 1 aromatic carbocycles. The topological polar surface area (TPSA) is 64.6 Å². The predicted octanol–water partition coefficient (Wildman–Crippen LogP) is 1.86. The van der Waals surface area contributed by atoms with Gasteiger partial charge in [0, 0.05) is 0 Å². The van der Waals surface area contributed by atoms with Crippen LogP contribution in [0.5, 0.6) is 0 Å². The van der Waals surface area contributed by atoms with Crippen molar-refractivity contribution in [2.45, 2.75) is 26.5 Å². The number of nitrogens with one attached hydrogen (secondary N) is 1. The van der Waals surface area contributed by atoms with Crippen LogP contribution in [0.3, 0.4) is 0 Å². The summed E-state index contributed by atoms with van der Waals surface area (Å²) in [5.41, 5.74) is 0.886. The molecular formula is C13H17NO4. The number of esters is 1. The number of rotatable bonds is 5. The molecule has 0 aliphatic carbocycles. The summed E-state index contributed by atoms with van der Waals surface area (Å²) >= 11 is 0. The molecule has 0 fully saturated rings. The minimum atomic E-state index is -0.715. The van der Waals surface area contributed by atoms with Crippen LogP contribution in [0.1, 0.15) is 19.4 Å². The lowest BCUT2D eigenvalue weighted by atomic mass is 10.2. The average Bonchev–Trinajstić information content (AvgIpc) is 2.38. The molecule has 0 saturated heterocycles. The molecule has 1 atom stereocenters. The first kappa shape index (κ1) is 14.0. The van der Waals surface area contributed by atoms with E-state index in [9.17, 15) is 9.59 Å². The van der Waals surface area contributed by atoms with Crippen LogP contribution < -0.4 is 5.32 Å². The summed E-state index contributed by atoms with van der Waals surface area (Å²) in [6.45, 7) is 3.70. The largest absolute Gasteiger partial charge is 0.464 e. The first-order valence-electron chi connectivity index (χ1n) is 5.77. The SMILES string of the molecule is CCOC(=O)[C@@H](C)[15NH]C(=O)OCc1ccccc1. The third-order valence-electron chi connectivity index (χ3n) is 2.19. The molecule has 0 unspecified atom stereocenters. The number of alkyl carbamates (subject to hydrolysis) is 1. The molecule has 0 bridgehead atoms. The summed E-state index contributed by atoms with van der Waals surface area (Å²) in [4.78, 5) is 22.7. The van der Waals surface area contributed by atoms with Crippen molar-refractivity contribution in [3.05, 3.63) is 35.9 Å². The number of benzene rings is 1. The van der Waals surface area contributed by atoms with Gasteiger partial charge in [-0.05, 0) is 19.4 Å². The van der Waals surface area contributed by atoms with E-state index in [0.29, 0.717) is 0 Å². The molecule has 1 amide bonds. The minimum Gasteiger partial charge on any atom is -0.464 e. The second-order valence-corrected chi connectivity index (χ2v) is 3.68. The van der Waals surface area contributed by atoms with Gasteiger partial charge < -0.3 is 14.8 Å². The highest BCUT2D eigenvalue weighted by molar-refractivity contribution is 5.80. The zero-order valence-electron chi connectivity index (χ0n) is 10.5. The number of amides is 1. The molecule has 1 rings (SSSR count). The smallest absolute Gasteiger partial charge is 0.408 e. The predicted molar refractivity (Wildman–Crippen MR) is 65.9 cm³/mol. The Balaban J connectivity index is 2.31. The first-order valence-corrected chi connectivity index (χ1v) is 5.77. The molecule has 0 radical (unpaired) electrons. The van der Waals surface area contributed by atoms with Gasteiger partial charge in [-0.3, -0.25) is 0 Å². The summed E-state index contributed by atoms with van der Waals surface area (Å²) in [6, 6.07) is 8.58. The Morgan fingerprint density at radius 1 is 1.22 bits per heavy atom. The number of hydrogen-bond acceptors (Lipinski definition) is 4. The summed E-state index contributed by atoms with van der Waals surface area (Å²) in [5, 5.41) is 2.40. The van der Waals surface area contributed by atoms with Crippen LogP contribution in [0, 0.1) is 0 Å². The molecule has 1 N–H and O–H groups in total. The summed E-state index contributed by atoms with van der Waals surface area (Å²) in [5.74, 6) is -0.478. The van der Waals surface area contributed by atoms with Gasteiger partial charge in [0.1, 0.15) is 12.6 Å². The van der Waals surface area contributed by atoms with Crippen LogP contribution in [-0.4, -0.2) is 24.7 Å². The fourth-order valence-corrected chi connectivity index (χ4v) is 1.27. The van der Waals surface area contributed by atoms with Gasteiger partial charge in [-0.2, -0.15) is 0 Å². The van der Waals surface area contributed by atoms with Crippen LogP contribution >= 0.6 is 0 Å². The number of ether oxygens (including phenoxy) is 2. The molecule has 18 heavy (non-hydrogen) atoms. The fraction of sp³-hybridized carbons (Fsp3) is 0.385. The van der Waals surface area contributed by atoms with E-state index in [0.717, 1.165) is 5.56 Å². The zero-order chi connectivity index (χ0) is 13.4. The fourth-order valence-electron chi connectivity index (χ4n) is 1.27. The van der Waals surface area contributed by atoms with E-state index in [1.165, 1.54) is 0 Å². The van der Waals surface area contributed by atoms with Gasteiger partial charge in [0.15, 0.2) is 0 Å². The Hall–Kier alpha value is -2.04. The Kier molecular flexibility index (Phi) is 5.70. The molecule has 0 aliphatic heterocycles. The maximum absolute atomic E-state index is 11.4. The van der Waals surface area contributed by atoms with Gasteiger partial charge in [0.05, 0.1) is 6.61 Å². The third-order valence-corrected chi connectivity index (χ3v) is 2.19. The van der Waals surface area contributed by atoms with Gasteiger partial charge in [-0.25, -0.2) is 9.59 Å². The molecule has 98 valence electrons. The highest BCUT2D eigenvalue weighted by Crippen LogP contribution is 2.00.